The maximum absolute atomic E-state index is 12.3. The molecule has 0 fully saturated rings. The Morgan fingerprint density at radius 1 is 1.10 bits per heavy atom. The monoisotopic (exact) mass is 398 g/mol. The molecule has 0 saturated carbocycles. The normalized spacial score (nSPS) is 13.5. The number of ether oxygens (including phenoxy) is 1. The van der Waals surface area contributed by atoms with Gasteiger partial charge in [0, 0.05) is 28.2 Å². The molecule has 1 aromatic heterocycles. The fraction of sp³-hybridized carbons (Fsp3) is 0.143. The van der Waals surface area contributed by atoms with E-state index in [2.05, 4.69) is 31.9 Å². The van der Waals surface area contributed by atoms with Crippen LogP contribution in [0.3, 0.4) is 0 Å². The number of carbonyl (C=O) groups excluding carboxylic acids is 1. The minimum Gasteiger partial charge on any atom is -0.452 e. The maximum Gasteiger partial charge on any atom is 0.336 e. The Hall–Kier alpha value is -1.40. The van der Waals surface area contributed by atoms with Gasteiger partial charge in [0.1, 0.15) is 11.3 Å². The van der Waals surface area contributed by atoms with Crippen molar-refractivity contribution in [1.29, 1.82) is 0 Å². The molecule has 1 aromatic carbocycles. The molecule has 0 saturated heterocycles. The summed E-state index contributed by atoms with van der Waals surface area (Å²) in [5.74, 6) is 0.597. The molecule has 0 N–H and O–H groups in total. The standard InChI is InChI=1S/C14H8Br2O4/c15-5-8(6-16)14-13(18)9-3-7-1-2-12(17)19-10(7)4-11(9)20-14/h1-4H,5-6H2. The summed E-state index contributed by atoms with van der Waals surface area (Å²) >= 11 is 6.66. The van der Waals surface area contributed by atoms with Gasteiger partial charge in [0.25, 0.3) is 0 Å². The molecule has 1 aliphatic heterocycles. The molecule has 1 aliphatic rings. The van der Waals surface area contributed by atoms with Crippen LogP contribution in [-0.2, 0) is 0 Å². The number of alkyl halides is 2. The van der Waals surface area contributed by atoms with E-state index in [4.69, 9.17) is 9.15 Å². The number of carbonyl (C=O) groups is 1. The molecule has 2 aromatic rings. The second-order valence-corrected chi connectivity index (χ2v) is 5.39. The highest BCUT2D eigenvalue weighted by Crippen LogP contribution is 2.35. The average Bonchev–Trinajstić information content (AvgIpc) is 2.75. The van der Waals surface area contributed by atoms with Crippen molar-refractivity contribution in [2.45, 2.75) is 0 Å². The molecule has 0 atom stereocenters. The highest BCUT2D eigenvalue weighted by Gasteiger charge is 2.30. The van der Waals surface area contributed by atoms with Gasteiger partial charge in [0.15, 0.2) is 5.76 Å². The van der Waals surface area contributed by atoms with Gasteiger partial charge in [-0.1, -0.05) is 31.9 Å². The van der Waals surface area contributed by atoms with E-state index in [-0.39, 0.29) is 5.78 Å². The number of Topliss-reactive ketones (excluding diaryl/α,β-unsaturated/α-hetero) is 1. The fourth-order valence-electron chi connectivity index (χ4n) is 2.03. The first-order valence-corrected chi connectivity index (χ1v) is 8.02. The number of allylic oxidation sites excluding steroid dienone is 2. The zero-order chi connectivity index (χ0) is 14.3. The molecule has 102 valence electrons. The van der Waals surface area contributed by atoms with E-state index in [1.165, 1.54) is 6.07 Å². The topological polar surface area (TPSA) is 56.5 Å². The SMILES string of the molecule is O=C1C(=C(CBr)CBr)Oc2cc3oc(=O)ccc3cc21. The minimum absolute atomic E-state index is 0.151. The van der Waals surface area contributed by atoms with Gasteiger partial charge < -0.3 is 9.15 Å². The second-order valence-electron chi connectivity index (χ2n) is 4.27. The van der Waals surface area contributed by atoms with Crippen LogP contribution in [0.2, 0.25) is 0 Å². The van der Waals surface area contributed by atoms with E-state index in [0.29, 0.717) is 38.7 Å². The molecule has 0 amide bonds. The Kier molecular flexibility index (Phi) is 3.52. The van der Waals surface area contributed by atoms with Crippen molar-refractivity contribution >= 4 is 48.6 Å². The molecular formula is C14H8Br2O4. The van der Waals surface area contributed by atoms with Gasteiger partial charge in [-0.2, -0.15) is 0 Å². The predicted molar refractivity (Wildman–Crippen MR) is 82.1 cm³/mol. The van der Waals surface area contributed by atoms with Gasteiger partial charge in [0.2, 0.25) is 5.78 Å². The molecular weight excluding hydrogens is 392 g/mol. The number of rotatable bonds is 2. The molecule has 2 heterocycles. The lowest BCUT2D eigenvalue weighted by Gasteiger charge is -2.03. The van der Waals surface area contributed by atoms with E-state index in [1.54, 1.807) is 18.2 Å². The van der Waals surface area contributed by atoms with Gasteiger partial charge in [-0.25, -0.2) is 4.79 Å². The first kappa shape index (κ1) is 13.6. The quantitative estimate of drug-likeness (QED) is 0.441. The Bertz CT molecular complexity index is 798. The molecule has 0 aliphatic carbocycles. The van der Waals surface area contributed by atoms with Crippen LogP contribution < -0.4 is 10.4 Å². The number of hydrogen-bond donors (Lipinski definition) is 0. The van der Waals surface area contributed by atoms with Crippen LogP contribution in [0, 0.1) is 0 Å². The number of ketones is 1. The van der Waals surface area contributed by atoms with Crippen molar-refractivity contribution < 1.29 is 13.9 Å². The van der Waals surface area contributed by atoms with Crippen molar-refractivity contribution in [2.75, 3.05) is 10.7 Å². The Morgan fingerprint density at radius 2 is 1.85 bits per heavy atom. The van der Waals surface area contributed by atoms with Crippen molar-refractivity contribution in [3.63, 3.8) is 0 Å². The summed E-state index contributed by atoms with van der Waals surface area (Å²) in [5.41, 5.74) is 1.29. The first-order chi connectivity index (χ1) is 9.63. The summed E-state index contributed by atoms with van der Waals surface area (Å²) in [5, 5.41) is 1.78. The lowest BCUT2D eigenvalue weighted by Crippen LogP contribution is -2.05. The molecule has 3 rings (SSSR count). The van der Waals surface area contributed by atoms with Crippen molar-refractivity contribution in [1.82, 2.24) is 0 Å². The minimum atomic E-state index is -0.431. The number of halogens is 2. The van der Waals surface area contributed by atoms with E-state index < -0.39 is 5.63 Å². The zero-order valence-corrected chi connectivity index (χ0v) is 13.3. The van der Waals surface area contributed by atoms with E-state index >= 15 is 0 Å². The van der Waals surface area contributed by atoms with Crippen LogP contribution in [0.4, 0.5) is 0 Å². The third kappa shape index (κ3) is 2.13. The Labute approximate surface area is 130 Å². The van der Waals surface area contributed by atoms with Crippen LogP contribution >= 0.6 is 31.9 Å². The number of hydrogen-bond acceptors (Lipinski definition) is 4. The highest BCUT2D eigenvalue weighted by atomic mass is 79.9. The van der Waals surface area contributed by atoms with E-state index in [9.17, 15) is 9.59 Å². The Morgan fingerprint density at radius 3 is 2.55 bits per heavy atom. The summed E-state index contributed by atoms with van der Waals surface area (Å²) in [6.45, 7) is 0. The molecule has 0 bridgehead atoms. The summed E-state index contributed by atoms with van der Waals surface area (Å²) in [6.07, 6.45) is 0. The first-order valence-electron chi connectivity index (χ1n) is 5.78. The molecule has 0 unspecified atom stereocenters. The summed E-state index contributed by atoms with van der Waals surface area (Å²) < 4.78 is 10.7. The van der Waals surface area contributed by atoms with Crippen molar-refractivity contribution in [3.05, 3.63) is 51.6 Å². The lowest BCUT2D eigenvalue weighted by atomic mass is 10.1. The van der Waals surface area contributed by atoms with Crippen LogP contribution in [0.15, 0.2) is 44.8 Å². The fourth-order valence-corrected chi connectivity index (χ4v) is 3.46. The summed E-state index contributed by atoms with van der Waals surface area (Å²) in [4.78, 5) is 23.6. The van der Waals surface area contributed by atoms with E-state index in [0.717, 1.165) is 5.57 Å². The van der Waals surface area contributed by atoms with Crippen molar-refractivity contribution in [2.24, 2.45) is 0 Å². The van der Waals surface area contributed by atoms with Crippen LogP contribution in [0.1, 0.15) is 10.4 Å². The zero-order valence-electron chi connectivity index (χ0n) is 10.1. The van der Waals surface area contributed by atoms with Crippen LogP contribution in [0.5, 0.6) is 5.75 Å². The second kappa shape index (κ2) is 5.18. The smallest absolute Gasteiger partial charge is 0.336 e. The number of benzene rings is 1. The van der Waals surface area contributed by atoms with Gasteiger partial charge in [-0.3, -0.25) is 4.79 Å². The molecule has 20 heavy (non-hydrogen) atoms. The molecule has 4 nitrogen and oxygen atoms in total. The third-order valence-electron chi connectivity index (χ3n) is 3.03. The molecule has 0 spiro atoms. The van der Waals surface area contributed by atoms with Gasteiger partial charge in [-0.05, 0) is 17.7 Å². The molecule has 0 radical (unpaired) electrons. The lowest BCUT2D eigenvalue weighted by molar-refractivity contribution is 0.101. The van der Waals surface area contributed by atoms with Crippen LogP contribution in [-0.4, -0.2) is 16.4 Å². The largest absolute Gasteiger partial charge is 0.452 e. The predicted octanol–water partition coefficient (Wildman–Crippen LogP) is 3.41. The van der Waals surface area contributed by atoms with Gasteiger partial charge in [0.05, 0.1) is 5.56 Å². The molecule has 6 heteroatoms. The highest BCUT2D eigenvalue weighted by molar-refractivity contribution is 9.10. The van der Waals surface area contributed by atoms with Gasteiger partial charge >= 0.3 is 5.63 Å². The number of fused-ring (bicyclic) bond motifs is 2. The van der Waals surface area contributed by atoms with Crippen molar-refractivity contribution in [3.8, 4) is 5.75 Å². The van der Waals surface area contributed by atoms with Crippen LogP contribution in [0.25, 0.3) is 11.0 Å². The van der Waals surface area contributed by atoms with Gasteiger partial charge in [-0.15, -0.1) is 0 Å². The average molecular weight is 400 g/mol. The maximum atomic E-state index is 12.3. The summed E-state index contributed by atoms with van der Waals surface area (Å²) in [6, 6.07) is 6.22. The third-order valence-corrected chi connectivity index (χ3v) is 4.38. The van der Waals surface area contributed by atoms with E-state index in [1.807, 2.05) is 0 Å². The Balaban J connectivity index is 2.20. The summed E-state index contributed by atoms with van der Waals surface area (Å²) in [7, 11) is 0.